The van der Waals surface area contributed by atoms with Crippen LogP contribution in [-0.4, -0.2) is 22.2 Å². The van der Waals surface area contributed by atoms with E-state index in [9.17, 15) is 0 Å². The molecular formula is C4H8AlCl+2. The molecule has 0 aliphatic carbocycles. The Bertz CT molecular complexity index is 19.5. The van der Waals surface area contributed by atoms with Gasteiger partial charge in [-0.15, -0.1) is 0 Å². The molecule has 0 saturated heterocycles. The van der Waals surface area contributed by atoms with Gasteiger partial charge in [-0.05, 0) is 0 Å². The van der Waals surface area contributed by atoms with Crippen molar-refractivity contribution >= 4 is 27.9 Å². The molecule has 0 N–H and O–H groups in total. The quantitative estimate of drug-likeness (QED) is 0.300. The van der Waals surface area contributed by atoms with Gasteiger partial charge in [0, 0.05) is 0 Å². The zero-order chi connectivity index (χ0) is 4.83. The molecule has 32 valence electrons. The van der Waals surface area contributed by atoms with E-state index >= 15 is 0 Å². The minimum absolute atomic E-state index is 0.814. The molecule has 2 heteroatoms. The van der Waals surface area contributed by atoms with E-state index in [1.807, 2.05) is 0 Å². The van der Waals surface area contributed by atoms with Gasteiger partial charge in [-0.2, -0.15) is 0 Å². The third kappa shape index (κ3) is 4.82. The molecule has 0 unspecified atom stereocenters. The van der Waals surface area contributed by atoms with Crippen molar-refractivity contribution in [2.24, 2.45) is 0 Å². The van der Waals surface area contributed by atoms with Crippen molar-refractivity contribution in [1.29, 1.82) is 0 Å². The van der Waals surface area contributed by atoms with Gasteiger partial charge < -0.3 is 0 Å². The van der Waals surface area contributed by atoms with E-state index in [2.05, 4.69) is 16.3 Å². The molecule has 0 nitrogen and oxygen atoms in total. The third-order valence-corrected chi connectivity index (χ3v) is 1.26. The average Bonchev–Trinajstić information content (AvgIpc) is 1.61. The standard InChI is InChI=1S/C4H8Cl.Al/c1-2-3-4-5;/h1-4H2;/q;+2. The molecule has 0 aromatic carbocycles. The fourth-order valence-electron chi connectivity index (χ4n) is 0.239. The summed E-state index contributed by atoms with van der Waals surface area (Å²) in [6, 6.07) is 0. The number of hydrogen-bond donors (Lipinski definition) is 0. The Morgan fingerprint density at radius 3 is 2.17 bits per heavy atom. The average molecular weight is 119 g/mol. The van der Waals surface area contributed by atoms with Crippen LogP contribution in [0.5, 0.6) is 0 Å². The normalized spacial score (nSPS) is 9.17. The molecule has 0 amide bonds. The maximum atomic E-state index is 5.37. The number of rotatable bonds is 3. The molecule has 0 fully saturated rings. The second-order valence-electron chi connectivity index (χ2n) is 1.18. The zero-order valence-corrected chi connectivity index (χ0v) is 5.69. The van der Waals surface area contributed by atoms with Crippen molar-refractivity contribution in [3.63, 3.8) is 0 Å². The van der Waals surface area contributed by atoms with Gasteiger partial charge in [-0.1, -0.05) is 0 Å². The summed E-state index contributed by atoms with van der Waals surface area (Å²) >= 11 is 8.04. The van der Waals surface area contributed by atoms with Crippen molar-refractivity contribution in [1.82, 2.24) is 0 Å². The van der Waals surface area contributed by atoms with E-state index in [4.69, 9.17) is 11.6 Å². The Balaban J connectivity index is 2.34. The van der Waals surface area contributed by atoms with Crippen LogP contribution in [0.4, 0.5) is 0 Å². The van der Waals surface area contributed by atoms with Crippen LogP contribution in [0.2, 0.25) is 5.28 Å². The van der Waals surface area contributed by atoms with Crippen molar-refractivity contribution < 1.29 is 0 Å². The minimum atomic E-state index is 0.814. The first-order valence-corrected chi connectivity index (χ1v) is 3.53. The van der Waals surface area contributed by atoms with Gasteiger partial charge in [0.15, 0.2) is 0 Å². The fraction of sp³-hybridized carbons (Fsp3) is 1.00. The monoisotopic (exact) mass is 118 g/mol. The predicted molar refractivity (Wildman–Crippen MR) is 30.5 cm³/mol. The number of halogens is 1. The second-order valence-corrected chi connectivity index (χ2v) is 2.14. The van der Waals surface area contributed by atoms with Crippen molar-refractivity contribution in [3.8, 4) is 0 Å². The Labute approximate surface area is 52.3 Å². The molecule has 0 atom stereocenters. The van der Waals surface area contributed by atoms with Gasteiger partial charge in [-0.3, -0.25) is 0 Å². The summed E-state index contributed by atoms with van der Waals surface area (Å²) in [7, 11) is 0. The molecule has 0 bridgehead atoms. The first-order valence-electron chi connectivity index (χ1n) is 2.18. The predicted octanol–water partition coefficient (Wildman–Crippen LogP) is 1.59. The van der Waals surface area contributed by atoms with Crippen LogP contribution < -0.4 is 0 Å². The molecular weight excluding hydrogens is 110 g/mol. The Morgan fingerprint density at radius 2 is 2.00 bits per heavy atom. The number of alkyl halides is 1. The Morgan fingerprint density at radius 1 is 1.33 bits per heavy atom. The van der Waals surface area contributed by atoms with Crippen LogP contribution in [0.25, 0.3) is 0 Å². The number of hydrogen-bond acceptors (Lipinski definition) is 0. The van der Waals surface area contributed by atoms with Crippen LogP contribution in [0.15, 0.2) is 0 Å². The summed E-state index contributed by atoms with van der Waals surface area (Å²) in [6.07, 6.45) is 2.40. The fourth-order valence-corrected chi connectivity index (χ4v) is 0.716. The van der Waals surface area contributed by atoms with Gasteiger partial charge >= 0.3 is 51.9 Å². The van der Waals surface area contributed by atoms with Gasteiger partial charge in [0.2, 0.25) is 0 Å². The molecule has 0 heterocycles. The third-order valence-electron chi connectivity index (χ3n) is 0.588. The molecule has 0 radical (unpaired) electrons. The second kappa shape index (κ2) is 5.82. The SMILES string of the molecule is [Al+2][CH2]CCCCl. The summed E-state index contributed by atoms with van der Waals surface area (Å²) in [6.45, 7) is 0. The zero-order valence-electron chi connectivity index (χ0n) is 3.78. The van der Waals surface area contributed by atoms with Crippen molar-refractivity contribution in [2.75, 3.05) is 5.88 Å². The number of unbranched alkanes of at least 4 members (excludes halogenated alkanes) is 1. The van der Waals surface area contributed by atoms with Gasteiger partial charge in [0.05, 0.1) is 0 Å². The van der Waals surface area contributed by atoms with E-state index in [-0.39, 0.29) is 0 Å². The molecule has 0 aromatic heterocycles. The van der Waals surface area contributed by atoms with Gasteiger partial charge in [0.1, 0.15) is 0 Å². The molecule has 0 spiro atoms. The van der Waals surface area contributed by atoms with Crippen molar-refractivity contribution in [3.05, 3.63) is 0 Å². The van der Waals surface area contributed by atoms with E-state index in [1.165, 1.54) is 11.7 Å². The van der Waals surface area contributed by atoms with E-state index < -0.39 is 0 Å². The van der Waals surface area contributed by atoms with Gasteiger partial charge in [-0.25, -0.2) is 0 Å². The van der Waals surface area contributed by atoms with E-state index in [0.29, 0.717) is 0 Å². The summed E-state index contributed by atoms with van der Waals surface area (Å²) in [5, 5.41) is 1.19. The molecule has 0 aliphatic rings. The molecule has 0 aromatic rings. The molecule has 0 aliphatic heterocycles. The van der Waals surface area contributed by atoms with Crippen molar-refractivity contribution in [2.45, 2.75) is 18.1 Å². The molecule has 0 saturated carbocycles. The summed E-state index contributed by atoms with van der Waals surface area (Å²) in [5.74, 6) is 0.814. The van der Waals surface area contributed by atoms with Crippen LogP contribution in [0, 0.1) is 0 Å². The van der Waals surface area contributed by atoms with E-state index in [1.54, 1.807) is 0 Å². The topological polar surface area (TPSA) is 0 Å². The maximum absolute atomic E-state index is 5.37. The molecule has 6 heavy (non-hydrogen) atoms. The summed E-state index contributed by atoms with van der Waals surface area (Å²) in [5.41, 5.74) is 0. The molecule has 0 rings (SSSR count). The first kappa shape index (κ1) is 6.82. The van der Waals surface area contributed by atoms with Crippen LogP contribution in [-0.2, 0) is 0 Å². The Kier molecular flexibility index (Phi) is 6.62. The van der Waals surface area contributed by atoms with E-state index in [0.717, 1.165) is 12.3 Å². The summed E-state index contributed by atoms with van der Waals surface area (Å²) in [4.78, 5) is 0. The Hall–Kier alpha value is 0.822. The van der Waals surface area contributed by atoms with Crippen LogP contribution in [0.3, 0.4) is 0 Å². The summed E-state index contributed by atoms with van der Waals surface area (Å²) < 4.78 is 0. The van der Waals surface area contributed by atoms with Gasteiger partial charge in [0.25, 0.3) is 0 Å². The van der Waals surface area contributed by atoms with Crippen LogP contribution >= 0.6 is 11.6 Å². The van der Waals surface area contributed by atoms with Crippen LogP contribution in [0.1, 0.15) is 12.8 Å². The first-order chi connectivity index (χ1) is 2.91.